The van der Waals surface area contributed by atoms with Gasteiger partial charge in [-0.25, -0.2) is 4.39 Å². The summed E-state index contributed by atoms with van der Waals surface area (Å²) < 4.78 is 13.8. The van der Waals surface area contributed by atoms with E-state index in [1.807, 2.05) is 6.07 Å². The summed E-state index contributed by atoms with van der Waals surface area (Å²) in [6.07, 6.45) is 4.03. The number of fused-ring (bicyclic) bond motifs is 1. The molecule has 0 bridgehead atoms. The third-order valence-corrected chi connectivity index (χ3v) is 3.41. The highest BCUT2D eigenvalue weighted by Crippen LogP contribution is 2.45. The van der Waals surface area contributed by atoms with Crippen molar-refractivity contribution in [2.75, 3.05) is 7.11 Å². The lowest BCUT2D eigenvalue weighted by Crippen LogP contribution is -1.99. The van der Waals surface area contributed by atoms with Crippen LogP contribution in [0.3, 0.4) is 0 Å². The maximum atomic E-state index is 13.8. The minimum absolute atomic E-state index is 0.0417. The zero-order valence-electron chi connectivity index (χ0n) is 9.29. The van der Waals surface area contributed by atoms with E-state index in [2.05, 4.69) is 5.16 Å². The predicted octanol–water partition coefficient (Wildman–Crippen LogP) is 3.00. The van der Waals surface area contributed by atoms with Gasteiger partial charge in [0.2, 0.25) is 0 Å². The van der Waals surface area contributed by atoms with E-state index in [1.165, 1.54) is 5.56 Å². The van der Waals surface area contributed by atoms with E-state index < -0.39 is 0 Å². The normalized spacial score (nSPS) is 21.2. The van der Waals surface area contributed by atoms with Gasteiger partial charge < -0.3 is 4.84 Å². The summed E-state index contributed by atoms with van der Waals surface area (Å²) in [5, 5.41) is 4.01. The van der Waals surface area contributed by atoms with Crippen LogP contribution in [0.4, 0.5) is 4.39 Å². The number of oxime groups is 1. The van der Waals surface area contributed by atoms with Crippen LogP contribution in [0.5, 0.6) is 0 Å². The van der Waals surface area contributed by atoms with Crippen LogP contribution in [0.15, 0.2) is 17.3 Å². The Bertz CT molecular complexity index is 463. The van der Waals surface area contributed by atoms with Gasteiger partial charge in [0.1, 0.15) is 12.9 Å². The molecule has 2 aliphatic rings. The van der Waals surface area contributed by atoms with Gasteiger partial charge in [-0.1, -0.05) is 5.16 Å². The lowest BCUT2D eigenvalue weighted by atomic mass is 9.99. The van der Waals surface area contributed by atoms with Gasteiger partial charge in [-0.15, -0.1) is 0 Å². The van der Waals surface area contributed by atoms with Gasteiger partial charge in [-0.05, 0) is 54.9 Å². The van der Waals surface area contributed by atoms with Crippen molar-refractivity contribution in [3.63, 3.8) is 0 Å². The molecule has 1 aromatic rings. The molecule has 0 atom stereocenters. The molecule has 16 heavy (non-hydrogen) atoms. The third-order valence-electron chi connectivity index (χ3n) is 3.41. The molecule has 3 rings (SSSR count). The highest BCUT2D eigenvalue weighted by Gasteiger charge is 2.33. The maximum Gasteiger partial charge on any atom is 0.126 e. The van der Waals surface area contributed by atoms with E-state index >= 15 is 0 Å². The van der Waals surface area contributed by atoms with Gasteiger partial charge >= 0.3 is 0 Å². The summed E-state index contributed by atoms with van der Waals surface area (Å²) in [5.41, 5.74) is 4.15. The average molecular weight is 219 g/mol. The van der Waals surface area contributed by atoms with E-state index in [-0.39, 0.29) is 5.82 Å². The number of halogens is 1. The fourth-order valence-corrected chi connectivity index (χ4v) is 2.57. The first-order chi connectivity index (χ1) is 7.81. The molecular formula is C13H14FNO. The Morgan fingerprint density at radius 2 is 2.12 bits per heavy atom. The molecule has 1 saturated carbocycles. The summed E-state index contributed by atoms with van der Waals surface area (Å²) >= 11 is 0. The van der Waals surface area contributed by atoms with Gasteiger partial charge in [0.25, 0.3) is 0 Å². The van der Waals surface area contributed by atoms with Crippen molar-refractivity contribution in [3.05, 3.63) is 34.6 Å². The number of benzene rings is 1. The molecule has 0 unspecified atom stereocenters. The second-order valence-corrected chi connectivity index (χ2v) is 4.48. The SMILES string of the molecule is CON=C1CCc2c1ccc(F)c2C1CC1. The van der Waals surface area contributed by atoms with Crippen LogP contribution in [-0.4, -0.2) is 12.8 Å². The maximum absolute atomic E-state index is 13.8. The van der Waals surface area contributed by atoms with Gasteiger partial charge in [0, 0.05) is 5.56 Å². The Labute approximate surface area is 94.1 Å². The van der Waals surface area contributed by atoms with Crippen molar-refractivity contribution in [2.24, 2.45) is 5.16 Å². The van der Waals surface area contributed by atoms with E-state index in [0.717, 1.165) is 42.5 Å². The fraction of sp³-hybridized carbons (Fsp3) is 0.462. The number of hydrogen-bond donors (Lipinski definition) is 0. The van der Waals surface area contributed by atoms with Crippen LogP contribution in [0.2, 0.25) is 0 Å². The lowest BCUT2D eigenvalue weighted by molar-refractivity contribution is 0.213. The highest BCUT2D eigenvalue weighted by molar-refractivity contribution is 6.04. The van der Waals surface area contributed by atoms with E-state index in [0.29, 0.717) is 5.92 Å². The zero-order chi connectivity index (χ0) is 11.1. The molecule has 2 nitrogen and oxygen atoms in total. The standard InChI is InChI=1S/C13H14FNO/c1-16-15-12-7-5-10-9(12)4-6-11(14)13(10)8-2-3-8/h4,6,8H,2-3,5,7H2,1H3. The van der Waals surface area contributed by atoms with E-state index in [1.54, 1.807) is 13.2 Å². The molecule has 0 saturated heterocycles. The van der Waals surface area contributed by atoms with Crippen LogP contribution in [0.1, 0.15) is 41.9 Å². The number of nitrogens with zero attached hydrogens (tertiary/aromatic N) is 1. The summed E-state index contributed by atoms with van der Waals surface area (Å²) in [5.74, 6) is 0.414. The smallest absolute Gasteiger partial charge is 0.126 e. The van der Waals surface area contributed by atoms with Crippen LogP contribution in [0.25, 0.3) is 0 Å². The first-order valence-electron chi connectivity index (χ1n) is 5.73. The number of rotatable bonds is 2. The Kier molecular flexibility index (Phi) is 2.20. The predicted molar refractivity (Wildman–Crippen MR) is 60.2 cm³/mol. The summed E-state index contributed by atoms with van der Waals surface area (Å²) in [6, 6.07) is 3.41. The quantitative estimate of drug-likeness (QED) is 0.701. The lowest BCUT2D eigenvalue weighted by Gasteiger charge is -2.08. The van der Waals surface area contributed by atoms with Crippen molar-refractivity contribution in [3.8, 4) is 0 Å². The van der Waals surface area contributed by atoms with Gasteiger partial charge in [-0.2, -0.15) is 0 Å². The van der Waals surface area contributed by atoms with Crippen molar-refractivity contribution < 1.29 is 9.23 Å². The van der Waals surface area contributed by atoms with Crippen molar-refractivity contribution in [2.45, 2.75) is 31.6 Å². The molecule has 2 aliphatic carbocycles. The third kappa shape index (κ3) is 1.42. The van der Waals surface area contributed by atoms with Gasteiger partial charge in [0.15, 0.2) is 0 Å². The molecule has 0 aromatic heterocycles. The highest BCUT2D eigenvalue weighted by atomic mass is 19.1. The van der Waals surface area contributed by atoms with Crippen molar-refractivity contribution in [1.29, 1.82) is 0 Å². The molecule has 3 heteroatoms. The summed E-state index contributed by atoms with van der Waals surface area (Å²) in [7, 11) is 1.55. The topological polar surface area (TPSA) is 21.6 Å². The molecule has 0 amide bonds. The molecule has 0 spiro atoms. The van der Waals surface area contributed by atoms with E-state index in [4.69, 9.17) is 4.84 Å². The Hall–Kier alpha value is -1.38. The average Bonchev–Trinajstić information content (AvgIpc) is 3.02. The minimum atomic E-state index is -0.0417. The Balaban J connectivity index is 2.12. The molecule has 1 aromatic carbocycles. The Morgan fingerprint density at radius 1 is 1.31 bits per heavy atom. The first-order valence-corrected chi connectivity index (χ1v) is 5.73. The summed E-state index contributed by atoms with van der Waals surface area (Å²) in [6.45, 7) is 0. The molecule has 1 fully saturated rings. The molecule has 0 heterocycles. The van der Waals surface area contributed by atoms with Crippen LogP contribution >= 0.6 is 0 Å². The largest absolute Gasteiger partial charge is 0.399 e. The minimum Gasteiger partial charge on any atom is -0.399 e. The van der Waals surface area contributed by atoms with Crippen LogP contribution in [0, 0.1) is 5.82 Å². The monoisotopic (exact) mass is 219 g/mol. The van der Waals surface area contributed by atoms with Crippen LogP contribution in [-0.2, 0) is 11.3 Å². The zero-order valence-corrected chi connectivity index (χ0v) is 9.29. The van der Waals surface area contributed by atoms with Crippen molar-refractivity contribution in [1.82, 2.24) is 0 Å². The molecule has 0 aliphatic heterocycles. The second-order valence-electron chi connectivity index (χ2n) is 4.48. The van der Waals surface area contributed by atoms with Crippen molar-refractivity contribution >= 4 is 5.71 Å². The van der Waals surface area contributed by atoms with Gasteiger partial charge in [-0.3, -0.25) is 0 Å². The number of hydrogen-bond acceptors (Lipinski definition) is 2. The van der Waals surface area contributed by atoms with E-state index in [9.17, 15) is 4.39 Å². The second kappa shape index (κ2) is 3.58. The first kappa shape index (κ1) is 9.82. The summed E-state index contributed by atoms with van der Waals surface area (Å²) in [4.78, 5) is 4.82. The molecule has 84 valence electrons. The molecule has 0 N–H and O–H groups in total. The Morgan fingerprint density at radius 3 is 2.81 bits per heavy atom. The molecule has 0 radical (unpaired) electrons. The molecular weight excluding hydrogens is 205 g/mol. The van der Waals surface area contributed by atoms with Gasteiger partial charge in [0.05, 0.1) is 5.71 Å². The van der Waals surface area contributed by atoms with Crippen LogP contribution < -0.4 is 0 Å². The fourth-order valence-electron chi connectivity index (χ4n) is 2.57.